The van der Waals surface area contributed by atoms with Gasteiger partial charge in [0.15, 0.2) is 0 Å². The highest BCUT2D eigenvalue weighted by Gasteiger charge is 2.04. The van der Waals surface area contributed by atoms with Crippen LogP contribution >= 0.6 is 15.9 Å². The Morgan fingerprint density at radius 3 is 2.36 bits per heavy atom. The molecule has 1 rings (SSSR count). The number of hydrogen-bond donors (Lipinski definition) is 1. The van der Waals surface area contributed by atoms with E-state index < -0.39 is 5.97 Å². The molecule has 1 aromatic rings. The first kappa shape index (κ1) is 12.8. The summed E-state index contributed by atoms with van der Waals surface area (Å²) in [7, 11) is 0. The summed E-state index contributed by atoms with van der Waals surface area (Å²) in [5.41, 5.74) is 0.452. The van der Waals surface area contributed by atoms with Gasteiger partial charge in [0, 0.05) is 10.0 Å². The van der Waals surface area contributed by atoms with E-state index in [0.29, 0.717) is 16.3 Å². The normalized spacial score (nSPS) is 8.50. The Morgan fingerprint density at radius 2 is 1.93 bits per heavy atom. The predicted molar refractivity (Wildman–Crippen MR) is 57.8 cm³/mol. The van der Waals surface area contributed by atoms with E-state index in [2.05, 4.69) is 15.9 Å². The minimum atomic E-state index is -1.04. The summed E-state index contributed by atoms with van der Waals surface area (Å²) in [6.07, 6.45) is 0.608. The van der Waals surface area contributed by atoms with Gasteiger partial charge in [0.1, 0.15) is 6.29 Å². The SMILES string of the molecule is CC.O=Cc1cc(Br)cc(C(=O)O)c1. The summed E-state index contributed by atoms with van der Waals surface area (Å²) in [5.74, 6) is -1.04. The molecule has 0 saturated carbocycles. The zero-order valence-corrected chi connectivity index (χ0v) is 9.54. The summed E-state index contributed by atoms with van der Waals surface area (Å²) < 4.78 is 0.588. The van der Waals surface area contributed by atoms with Crippen molar-refractivity contribution in [3.8, 4) is 0 Å². The third kappa shape index (κ3) is 3.70. The molecular weight excluding hydrogens is 248 g/mol. The average Bonchev–Trinajstić information content (AvgIpc) is 2.20. The lowest BCUT2D eigenvalue weighted by Gasteiger charge is -1.96. The van der Waals surface area contributed by atoms with Crippen molar-refractivity contribution in [1.29, 1.82) is 0 Å². The molecule has 0 radical (unpaired) electrons. The van der Waals surface area contributed by atoms with Crippen molar-refractivity contribution >= 4 is 28.2 Å². The van der Waals surface area contributed by atoms with Crippen LogP contribution in [0.15, 0.2) is 22.7 Å². The maximum Gasteiger partial charge on any atom is 0.335 e. The number of carbonyl (C=O) groups excluding carboxylic acids is 1. The highest BCUT2D eigenvalue weighted by atomic mass is 79.9. The molecule has 0 amide bonds. The van der Waals surface area contributed by atoms with Gasteiger partial charge >= 0.3 is 5.97 Å². The number of aromatic carboxylic acids is 1. The van der Waals surface area contributed by atoms with Crippen LogP contribution in [0.1, 0.15) is 34.6 Å². The number of carbonyl (C=O) groups is 2. The molecule has 0 aliphatic heterocycles. The Kier molecular flexibility index (Phi) is 5.79. The molecule has 0 fully saturated rings. The molecule has 1 aromatic carbocycles. The molecule has 0 unspecified atom stereocenters. The fourth-order valence-corrected chi connectivity index (χ4v) is 1.31. The molecule has 0 aliphatic carbocycles. The van der Waals surface area contributed by atoms with Crippen molar-refractivity contribution in [3.63, 3.8) is 0 Å². The summed E-state index contributed by atoms with van der Waals surface area (Å²) in [4.78, 5) is 20.8. The van der Waals surface area contributed by atoms with E-state index in [9.17, 15) is 9.59 Å². The van der Waals surface area contributed by atoms with Crippen LogP contribution in [0.2, 0.25) is 0 Å². The van der Waals surface area contributed by atoms with E-state index >= 15 is 0 Å². The molecular formula is C10H11BrO3. The molecule has 0 saturated heterocycles. The van der Waals surface area contributed by atoms with Crippen LogP contribution in [0.3, 0.4) is 0 Å². The first-order valence-electron chi connectivity index (χ1n) is 4.12. The van der Waals surface area contributed by atoms with Gasteiger partial charge in [0.05, 0.1) is 5.56 Å². The number of aldehydes is 1. The van der Waals surface area contributed by atoms with Crippen LogP contribution in [0.4, 0.5) is 0 Å². The first-order chi connectivity index (χ1) is 6.63. The predicted octanol–water partition coefficient (Wildman–Crippen LogP) is 2.99. The van der Waals surface area contributed by atoms with E-state index in [4.69, 9.17) is 5.11 Å². The third-order valence-electron chi connectivity index (χ3n) is 1.30. The van der Waals surface area contributed by atoms with Gasteiger partial charge in [0.25, 0.3) is 0 Å². The second kappa shape index (κ2) is 6.32. The topological polar surface area (TPSA) is 54.4 Å². The van der Waals surface area contributed by atoms with E-state index in [1.807, 2.05) is 13.8 Å². The Morgan fingerprint density at radius 1 is 1.36 bits per heavy atom. The third-order valence-corrected chi connectivity index (χ3v) is 1.76. The van der Waals surface area contributed by atoms with Crippen LogP contribution in [0.5, 0.6) is 0 Å². The lowest BCUT2D eigenvalue weighted by Crippen LogP contribution is -1.97. The quantitative estimate of drug-likeness (QED) is 0.830. The smallest absolute Gasteiger partial charge is 0.335 e. The lowest BCUT2D eigenvalue weighted by molar-refractivity contribution is 0.0697. The van der Waals surface area contributed by atoms with Gasteiger partial charge in [-0.2, -0.15) is 0 Å². The second-order valence-corrected chi connectivity index (χ2v) is 3.11. The molecule has 0 bridgehead atoms. The first-order valence-corrected chi connectivity index (χ1v) is 4.92. The number of rotatable bonds is 2. The van der Waals surface area contributed by atoms with Crippen LogP contribution in [0.25, 0.3) is 0 Å². The molecule has 14 heavy (non-hydrogen) atoms. The highest BCUT2D eigenvalue weighted by Crippen LogP contribution is 2.14. The Hall–Kier alpha value is -1.16. The van der Waals surface area contributed by atoms with Gasteiger partial charge in [-0.3, -0.25) is 4.79 Å². The van der Waals surface area contributed by atoms with Crippen LogP contribution in [-0.4, -0.2) is 17.4 Å². The summed E-state index contributed by atoms with van der Waals surface area (Å²) in [6, 6.07) is 4.31. The molecule has 76 valence electrons. The standard InChI is InChI=1S/C8H5BrO3.C2H6/c9-7-2-5(4-10)1-6(3-7)8(11)12;1-2/h1-4H,(H,11,12);1-2H3. The summed E-state index contributed by atoms with van der Waals surface area (Å²) in [6.45, 7) is 4.00. The van der Waals surface area contributed by atoms with Crippen LogP contribution in [0, 0.1) is 0 Å². The van der Waals surface area contributed by atoms with Crippen molar-refractivity contribution in [2.45, 2.75) is 13.8 Å². The van der Waals surface area contributed by atoms with E-state index in [-0.39, 0.29) is 5.56 Å². The van der Waals surface area contributed by atoms with Crippen molar-refractivity contribution in [1.82, 2.24) is 0 Å². The lowest BCUT2D eigenvalue weighted by atomic mass is 10.1. The molecule has 0 atom stereocenters. The minimum Gasteiger partial charge on any atom is -0.478 e. The van der Waals surface area contributed by atoms with Crippen molar-refractivity contribution in [3.05, 3.63) is 33.8 Å². The average molecular weight is 259 g/mol. The van der Waals surface area contributed by atoms with Gasteiger partial charge in [-0.1, -0.05) is 29.8 Å². The number of hydrogen-bond acceptors (Lipinski definition) is 2. The zero-order valence-electron chi connectivity index (χ0n) is 7.95. The van der Waals surface area contributed by atoms with E-state index in [1.165, 1.54) is 12.1 Å². The summed E-state index contributed by atoms with van der Waals surface area (Å²) >= 11 is 3.10. The highest BCUT2D eigenvalue weighted by molar-refractivity contribution is 9.10. The van der Waals surface area contributed by atoms with Gasteiger partial charge in [-0.25, -0.2) is 4.79 Å². The van der Waals surface area contributed by atoms with Crippen molar-refractivity contribution < 1.29 is 14.7 Å². The molecule has 0 heterocycles. The Balaban J connectivity index is 0.000000791. The Bertz CT molecular complexity index is 334. The summed E-state index contributed by atoms with van der Waals surface area (Å²) in [5, 5.41) is 8.59. The Labute approximate surface area is 90.9 Å². The molecule has 4 heteroatoms. The monoisotopic (exact) mass is 258 g/mol. The number of carboxylic acid groups (broad SMARTS) is 1. The number of carboxylic acids is 1. The number of benzene rings is 1. The fourth-order valence-electron chi connectivity index (χ4n) is 0.804. The minimum absolute atomic E-state index is 0.103. The van der Waals surface area contributed by atoms with Crippen LogP contribution in [-0.2, 0) is 0 Å². The zero-order chi connectivity index (χ0) is 11.1. The van der Waals surface area contributed by atoms with Crippen molar-refractivity contribution in [2.24, 2.45) is 0 Å². The van der Waals surface area contributed by atoms with Crippen LogP contribution < -0.4 is 0 Å². The maximum absolute atomic E-state index is 10.5. The van der Waals surface area contributed by atoms with Gasteiger partial charge in [-0.15, -0.1) is 0 Å². The van der Waals surface area contributed by atoms with Gasteiger partial charge < -0.3 is 5.11 Å². The van der Waals surface area contributed by atoms with Crippen molar-refractivity contribution in [2.75, 3.05) is 0 Å². The molecule has 0 aromatic heterocycles. The van der Waals surface area contributed by atoms with Gasteiger partial charge in [-0.05, 0) is 18.2 Å². The largest absolute Gasteiger partial charge is 0.478 e. The van der Waals surface area contributed by atoms with Gasteiger partial charge in [0.2, 0.25) is 0 Å². The fraction of sp³-hybridized carbons (Fsp3) is 0.200. The molecule has 1 N–H and O–H groups in total. The molecule has 0 spiro atoms. The number of halogens is 1. The molecule has 0 aliphatic rings. The second-order valence-electron chi connectivity index (χ2n) is 2.20. The van der Waals surface area contributed by atoms with E-state index in [0.717, 1.165) is 0 Å². The van der Waals surface area contributed by atoms with E-state index in [1.54, 1.807) is 6.07 Å². The molecule has 3 nitrogen and oxygen atoms in total. The maximum atomic E-state index is 10.5.